The van der Waals surface area contributed by atoms with Gasteiger partial charge in [-0.1, -0.05) is 47.5 Å². The maximum atomic E-state index is 12.6. The van der Waals surface area contributed by atoms with Crippen LogP contribution < -0.4 is 15.1 Å². The summed E-state index contributed by atoms with van der Waals surface area (Å²) in [6, 6.07) is 16.9. The van der Waals surface area contributed by atoms with E-state index in [0.29, 0.717) is 12.6 Å². The summed E-state index contributed by atoms with van der Waals surface area (Å²) in [6.45, 7) is 9.48. The molecule has 2 aromatic carbocycles. The van der Waals surface area contributed by atoms with Gasteiger partial charge in [0.2, 0.25) is 0 Å². The molecule has 4 heteroatoms. The van der Waals surface area contributed by atoms with E-state index in [-0.39, 0.29) is 5.91 Å². The smallest absolute Gasteiger partial charge is 0.251 e. The molecule has 1 fully saturated rings. The molecule has 1 aliphatic rings. The fraction of sp³-hybridized carbons (Fsp3) is 0.409. The Bertz CT molecular complexity index is 716. The number of rotatable bonds is 5. The van der Waals surface area contributed by atoms with Gasteiger partial charge < -0.3 is 15.1 Å². The first-order valence-corrected chi connectivity index (χ1v) is 9.60. The fourth-order valence-corrected chi connectivity index (χ4v) is 3.64. The molecule has 3 rings (SSSR count). The van der Waals surface area contributed by atoms with Crippen LogP contribution in [0.2, 0.25) is 0 Å². The summed E-state index contributed by atoms with van der Waals surface area (Å²) in [5.74, 6) is 0.0151. The molecule has 1 atom stereocenters. The Kier molecular flexibility index (Phi) is 6.07. The van der Waals surface area contributed by atoms with Crippen molar-refractivity contribution < 1.29 is 14.6 Å². The van der Waals surface area contributed by atoms with Crippen molar-refractivity contribution >= 4 is 5.91 Å². The summed E-state index contributed by atoms with van der Waals surface area (Å²) in [7, 11) is 2.26. The molecule has 0 aromatic heterocycles. The van der Waals surface area contributed by atoms with Gasteiger partial charge in [0, 0.05) is 11.1 Å². The lowest BCUT2D eigenvalue weighted by atomic mass is 10.0. The number of nitrogens with one attached hydrogen (secondary N) is 3. The second-order valence-corrected chi connectivity index (χ2v) is 7.65. The lowest BCUT2D eigenvalue weighted by molar-refractivity contribution is -1.02. The van der Waals surface area contributed by atoms with Crippen molar-refractivity contribution in [3.05, 3.63) is 70.8 Å². The van der Waals surface area contributed by atoms with E-state index in [1.165, 1.54) is 29.8 Å². The van der Waals surface area contributed by atoms with Crippen LogP contribution in [0.25, 0.3) is 0 Å². The van der Waals surface area contributed by atoms with Crippen LogP contribution in [0.15, 0.2) is 48.5 Å². The molecule has 138 valence electrons. The van der Waals surface area contributed by atoms with E-state index in [1.54, 1.807) is 9.80 Å². The molecule has 3 N–H and O–H groups in total. The highest BCUT2D eigenvalue weighted by Crippen LogP contribution is 2.11. The molecule has 0 spiro atoms. The Morgan fingerprint density at radius 1 is 0.923 bits per heavy atom. The van der Waals surface area contributed by atoms with Crippen LogP contribution in [0.1, 0.15) is 33.1 Å². The Balaban J connectivity index is 1.71. The van der Waals surface area contributed by atoms with Crippen LogP contribution in [-0.2, 0) is 0 Å². The SMILES string of the molecule is Cc1ccc(C(=O)NC[C@@H](c2ccc(C)cc2)[NH+]2CC[NH+](C)CC2)cc1. The Morgan fingerprint density at radius 2 is 1.46 bits per heavy atom. The average Bonchev–Trinajstić information content (AvgIpc) is 2.65. The van der Waals surface area contributed by atoms with Crippen molar-refractivity contribution in [1.82, 2.24) is 5.32 Å². The topological polar surface area (TPSA) is 38.0 Å². The highest BCUT2D eigenvalue weighted by Gasteiger charge is 2.29. The predicted octanol–water partition coefficient (Wildman–Crippen LogP) is 0.188. The van der Waals surface area contributed by atoms with Gasteiger partial charge in [-0.2, -0.15) is 0 Å². The third kappa shape index (κ3) is 4.71. The monoisotopic (exact) mass is 353 g/mol. The Labute approximate surface area is 156 Å². The minimum Gasteiger partial charge on any atom is -0.346 e. The van der Waals surface area contributed by atoms with Crippen LogP contribution in [0, 0.1) is 13.8 Å². The maximum absolute atomic E-state index is 12.6. The maximum Gasteiger partial charge on any atom is 0.251 e. The molecule has 0 radical (unpaired) electrons. The fourth-order valence-electron chi connectivity index (χ4n) is 3.64. The van der Waals surface area contributed by atoms with E-state index in [2.05, 4.69) is 43.6 Å². The van der Waals surface area contributed by atoms with Crippen LogP contribution >= 0.6 is 0 Å². The molecule has 26 heavy (non-hydrogen) atoms. The van der Waals surface area contributed by atoms with Gasteiger partial charge in [0.05, 0.1) is 13.6 Å². The van der Waals surface area contributed by atoms with Gasteiger partial charge in [-0.25, -0.2) is 0 Å². The first kappa shape index (κ1) is 18.6. The zero-order valence-electron chi connectivity index (χ0n) is 16.1. The van der Waals surface area contributed by atoms with Gasteiger partial charge >= 0.3 is 0 Å². The zero-order chi connectivity index (χ0) is 18.5. The second kappa shape index (κ2) is 8.47. The van der Waals surface area contributed by atoms with Gasteiger partial charge in [0.1, 0.15) is 32.2 Å². The Hall–Kier alpha value is -2.17. The number of hydrogen-bond donors (Lipinski definition) is 3. The lowest BCUT2D eigenvalue weighted by Crippen LogP contribution is -3.27. The highest BCUT2D eigenvalue weighted by molar-refractivity contribution is 5.94. The van der Waals surface area contributed by atoms with E-state index in [4.69, 9.17) is 0 Å². The van der Waals surface area contributed by atoms with Crippen LogP contribution in [0.3, 0.4) is 0 Å². The van der Waals surface area contributed by atoms with Crippen LogP contribution in [-0.4, -0.2) is 45.7 Å². The van der Waals surface area contributed by atoms with Gasteiger partial charge in [0.15, 0.2) is 0 Å². The molecule has 4 nitrogen and oxygen atoms in total. The summed E-state index contributed by atoms with van der Waals surface area (Å²) in [5, 5.41) is 3.17. The quantitative estimate of drug-likeness (QED) is 0.705. The number of hydrogen-bond acceptors (Lipinski definition) is 1. The molecular formula is C22H31N3O+2. The summed E-state index contributed by atoms with van der Waals surface area (Å²) in [4.78, 5) is 15.7. The largest absolute Gasteiger partial charge is 0.346 e. The van der Waals surface area contributed by atoms with E-state index in [1.807, 2.05) is 31.2 Å². The summed E-state index contributed by atoms with van der Waals surface area (Å²) in [6.07, 6.45) is 0. The van der Waals surface area contributed by atoms with Gasteiger partial charge in [0.25, 0.3) is 5.91 Å². The predicted molar refractivity (Wildman–Crippen MR) is 105 cm³/mol. The number of carbonyl (C=O) groups excluding carboxylic acids is 1. The van der Waals surface area contributed by atoms with Gasteiger partial charge in [-0.3, -0.25) is 4.79 Å². The van der Waals surface area contributed by atoms with Crippen molar-refractivity contribution in [3.63, 3.8) is 0 Å². The molecule has 1 heterocycles. The zero-order valence-corrected chi connectivity index (χ0v) is 16.1. The molecule has 1 amide bonds. The first-order chi connectivity index (χ1) is 12.5. The minimum absolute atomic E-state index is 0.0151. The summed E-state index contributed by atoms with van der Waals surface area (Å²) < 4.78 is 0. The highest BCUT2D eigenvalue weighted by atomic mass is 16.1. The molecule has 0 unspecified atom stereocenters. The van der Waals surface area contributed by atoms with E-state index in [9.17, 15) is 4.79 Å². The Morgan fingerprint density at radius 3 is 2.04 bits per heavy atom. The number of piperazine rings is 1. The van der Waals surface area contributed by atoms with Crippen molar-refractivity contribution in [2.24, 2.45) is 0 Å². The number of aryl methyl sites for hydroxylation is 2. The standard InChI is InChI=1S/C22H29N3O/c1-17-4-8-19(9-5-17)21(25-14-12-24(3)13-15-25)16-23-22(26)20-10-6-18(2)7-11-20/h4-11,21H,12-16H2,1-3H3,(H,23,26)/p+2/t21-/m0/s1. The second-order valence-electron chi connectivity index (χ2n) is 7.65. The van der Waals surface area contributed by atoms with Crippen molar-refractivity contribution in [1.29, 1.82) is 0 Å². The van der Waals surface area contributed by atoms with Gasteiger partial charge in [-0.05, 0) is 26.0 Å². The molecule has 1 saturated heterocycles. The minimum atomic E-state index is 0.0151. The van der Waals surface area contributed by atoms with Crippen molar-refractivity contribution in [3.8, 4) is 0 Å². The first-order valence-electron chi connectivity index (χ1n) is 9.60. The molecular weight excluding hydrogens is 322 g/mol. The van der Waals surface area contributed by atoms with Crippen molar-refractivity contribution in [2.45, 2.75) is 19.9 Å². The van der Waals surface area contributed by atoms with Crippen LogP contribution in [0.4, 0.5) is 0 Å². The van der Waals surface area contributed by atoms with E-state index in [0.717, 1.165) is 18.7 Å². The molecule has 2 aromatic rings. The van der Waals surface area contributed by atoms with E-state index < -0.39 is 0 Å². The third-order valence-corrected chi connectivity index (χ3v) is 5.50. The number of carbonyl (C=O) groups is 1. The number of likely N-dealkylation sites (N-methyl/N-ethyl adjacent to an activating group) is 1. The average molecular weight is 354 g/mol. The summed E-state index contributed by atoms with van der Waals surface area (Å²) in [5.41, 5.74) is 4.49. The number of amides is 1. The summed E-state index contributed by atoms with van der Waals surface area (Å²) >= 11 is 0. The number of quaternary nitrogens is 2. The lowest BCUT2D eigenvalue weighted by Gasteiger charge is -2.33. The van der Waals surface area contributed by atoms with E-state index >= 15 is 0 Å². The number of benzene rings is 2. The third-order valence-electron chi connectivity index (χ3n) is 5.50. The molecule has 0 bridgehead atoms. The molecule has 1 aliphatic heterocycles. The molecule has 0 aliphatic carbocycles. The van der Waals surface area contributed by atoms with Crippen molar-refractivity contribution in [2.75, 3.05) is 39.8 Å². The van der Waals surface area contributed by atoms with Gasteiger partial charge in [-0.15, -0.1) is 0 Å². The molecule has 0 saturated carbocycles. The van der Waals surface area contributed by atoms with Crippen LogP contribution in [0.5, 0.6) is 0 Å². The normalized spacial score (nSPS) is 21.2.